The van der Waals surface area contributed by atoms with E-state index in [9.17, 15) is 39.5 Å². The van der Waals surface area contributed by atoms with Crippen molar-refractivity contribution >= 4 is 41.5 Å². The van der Waals surface area contributed by atoms with Crippen LogP contribution < -0.4 is 5.32 Å². The van der Waals surface area contributed by atoms with Crippen LogP contribution in [0.2, 0.25) is 0 Å². The average molecular weight is 604 g/mol. The summed E-state index contributed by atoms with van der Waals surface area (Å²) in [7, 11) is 0. The summed E-state index contributed by atoms with van der Waals surface area (Å²) < 4.78 is 5.55. The number of aliphatic carboxylic acids is 1. The summed E-state index contributed by atoms with van der Waals surface area (Å²) in [6.07, 6.45) is -1.07. The van der Waals surface area contributed by atoms with E-state index in [0.717, 1.165) is 0 Å². The molecule has 0 unspecified atom stereocenters. The number of nitro benzene ring substituents is 1. The molecular weight excluding hydrogens is 570 g/mol. The lowest BCUT2D eigenvalue weighted by Gasteiger charge is -2.46. The lowest BCUT2D eigenvalue weighted by Crippen LogP contribution is -2.63. The van der Waals surface area contributed by atoms with Crippen LogP contribution in [-0.2, 0) is 20.9 Å². The largest absolute Gasteiger partial charge is 0.477 e. The van der Waals surface area contributed by atoms with Gasteiger partial charge in [-0.2, -0.15) is 0 Å². The van der Waals surface area contributed by atoms with E-state index >= 15 is 0 Å². The number of aliphatic hydroxyl groups excluding tert-OH is 1. The number of benzene rings is 1. The van der Waals surface area contributed by atoms with E-state index in [1.54, 1.807) is 9.80 Å². The summed E-state index contributed by atoms with van der Waals surface area (Å²) in [5, 5.41) is 33.7. The molecule has 0 spiro atoms. The Morgan fingerprint density at radius 2 is 1.90 bits per heavy atom. The first-order chi connectivity index (χ1) is 19.9. The van der Waals surface area contributed by atoms with Crippen molar-refractivity contribution in [3.63, 3.8) is 0 Å². The molecule has 3 N–H and O–H groups in total. The molecule has 4 amide bonds. The molecule has 226 valence electrons. The van der Waals surface area contributed by atoms with Gasteiger partial charge in [-0.15, -0.1) is 11.8 Å². The number of carbonyl (C=O) groups excluding carboxylic acids is 3. The van der Waals surface area contributed by atoms with Crippen molar-refractivity contribution in [2.45, 2.75) is 63.3 Å². The molecule has 5 rings (SSSR count). The Hall–Kier alpha value is -3.85. The number of carboxylic acid groups (broad SMARTS) is 1. The molecule has 15 heteroatoms. The topological polar surface area (TPSA) is 183 Å². The van der Waals surface area contributed by atoms with Crippen LogP contribution in [0.3, 0.4) is 0 Å². The third kappa shape index (κ3) is 5.38. The van der Waals surface area contributed by atoms with Gasteiger partial charge in [0, 0.05) is 53.9 Å². The summed E-state index contributed by atoms with van der Waals surface area (Å²) in [5.74, 6) is -2.62. The van der Waals surface area contributed by atoms with Crippen LogP contribution in [0.15, 0.2) is 34.9 Å². The number of urea groups is 1. The summed E-state index contributed by atoms with van der Waals surface area (Å²) in [6.45, 7) is 6.10. The number of aliphatic hydroxyl groups is 1. The third-order valence-electron chi connectivity index (χ3n) is 8.31. The number of β-lactam (4-membered cyclic amide) rings is 1. The summed E-state index contributed by atoms with van der Waals surface area (Å²) in [6, 6.07) is 4.55. The standard InChI is InChI=1S/C27H33N5O9S/c1-13-9-29(26(37)28-13)10-18-8-19(11-30(18)27(38)41-12-16-4-6-17(7-5-16)32(39)40)42-23-14(2)21-20(15(3)33)24(34)31(21)22(23)25(35)36/h4-7,13-15,18-21,33H,8-12H2,1-3H3,(H,28,37)(H,35,36)/t13-,14+,15+,18-,19-,20+,21+/m0/s1. The SMILES string of the molecule is C[C@H]1CN(C[C@@H]2C[C@H](SC3=C(C(=O)O)N4C(=O)[C@H]([C@@H](C)O)[C@H]4[C@H]3C)CN2C(=O)OCc2ccc([N+](=O)[O-])cc2)C(=O)N1. The van der Waals surface area contributed by atoms with Crippen LogP contribution in [0, 0.1) is 22.0 Å². The molecule has 1 aromatic rings. The fourth-order valence-electron chi connectivity index (χ4n) is 6.33. The number of nitrogens with zero attached hydrogens (tertiary/aromatic N) is 4. The maximum absolute atomic E-state index is 13.3. The number of carbonyl (C=O) groups is 4. The van der Waals surface area contributed by atoms with Crippen molar-refractivity contribution in [1.29, 1.82) is 0 Å². The monoisotopic (exact) mass is 603 g/mol. The van der Waals surface area contributed by atoms with Crippen LogP contribution in [0.1, 0.15) is 32.8 Å². The third-order valence-corrected chi connectivity index (χ3v) is 9.80. The average Bonchev–Trinajstić information content (AvgIpc) is 3.54. The molecule has 7 atom stereocenters. The number of hydrogen-bond acceptors (Lipinski definition) is 9. The maximum atomic E-state index is 13.3. The Morgan fingerprint density at radius 3 is 2.48 bits per heavy atom. The second-order valence-electron chi connectivity index (χ2n) is 11.3. The van der Waals surface area contributed by atoms with Crippen molar-refractivity contribution in [2.75, 3.05) is 19.6 Å². The molecule has 4 aliphatic rings. The Bertz CT molecular complexity index is 1340. The Labute approximate surface area is 245 Å². The number of carboxylic acids is 1. The smallest absolute Gasteiger partial charge is 0.410 e. The second kappa shape index (κ2) is 11.4. The minimum Gasteiger partial charge on any atom is -0.477 e. The van der Waals surface area contributed by atoms with Crippen LogP contribution >= 0.6 is 11.8 Å². The van der Waals surface area contributed by atoms with Gasteiger partial charge in [0.2, 0.25) is 5.91 Å². The van der Waals surface area contributed by atoms with Gasteiger partial charge in [-0.3, -0.25) is 14.9 Å². The number of nitro groups is 1. The first-order valence-electron chi connectivity index (χ1n) is 13.7. The predicted octanol–water partition coefficient (Wildman–Crippen LogP) is 1.97. The second-order valence-corrected chi connectivity index (χ2v) is 12.6. The van der Waals surface area contributed by atoms with Crippen LogP contribution in [0.25, 0.3) is 0 Å². The highest BCUT2D eigenvalue weighted by atomic mass is 32.2. The van der Waals surface area contributed by atoms with Crippen LogP contribution in [-0.4, -0.2) is 103 Å². The van der Waals surface area contributed by atoms with E-state index in [-0.39, 0.29) is 54.3 Å². The molecule has 0 saturated carbocycles. The minimum atomic E-state index is -1.22. The summed E-state index contributed by atoms with van der Waals surface area (Å²) in [5.41, 5.74) is 0.411. The predicted molar refractivity (Wildman–Crippen MR) is 149 cm³/mol. The van der Waals surface area contributed by atoms with Crippen molar-refractivity contribution in [3.05, 3.63) is 50.5 Å². The number of hydrogen-bond donors (Lipinski definition) is 3. The molecule has 0 radical (unpaired) electrons. The number of fused-ring (bicyclic) bond motifs is 1. The zero-order valence-corrected chi connectivity index (χ0v) is 24.2. The van der Waals surface area contributed by atoms with E-state index in [0.29, 0.717) is 23.4 Å². The van der Waals surface area contributed by atoms with E-state index in [1.807, 2.05) is 13.8 Å². The quantitative estimate of drug-likeness (QED) is 0.214. The zero-order chi connectivity index (χ0) is 30.5. The van der Waals surface area contributed by atoms with Gasteiger partial charge in [0.25, 0.3) is 5.69 Å². The number of nitrogens with one attached hydrogen (secondary N) is 1. The lowest BCUT2D eigenvalue weighted by atomic mass is 9.79. The molecule has 14 nitrogen and oxygen atoms in total. The van der Waals surface area contributed by atoms with E-state index in [4.69, 9.17) is 4.74 Å². The van der Waals surface area contributed by atoms with E-state index in [2.05, 4.69) is 5.32 Å². The fourth-order valence-corrected chi connectivity index (χ4v) is 7.89. The van der Waals surface area contributed by atoms with Gasteiger partial charge >= 0.3 is 18.1 Å². The zero-order valence-electron chi connectivity index (χ0n) is 23.3. The number of amides is 4. The van der Waals surface area contributed by atoms with Gasteiger partial charge in [-0.25, -0.2) is 14.4 Å². The van der Waals surface area contributed by atoms with E-state index in [1.165, 1.54) is 47.9 Å². The molecule has 4 heterocycles. The molecule has 0 aromatic heterocycles. The van der Waals surface area contributed by atoms with Gasteiger partial charge < -0.3 is 35.0 Å². The number of ether oxygens (including phenoxy) is 1. The fraction of sp³-hybridized carbons (Fsp3) is 0.556. The van der Waals surface area contributed by atoms with Crippen LogP contribution in [0.4, 0.5) is 15.3 Å². The molecule has 1 aromatic carbocycles. The molecule has 42 heavy (non-hydrogen) atoms. The first-order valence-corrected chi connectivity index (χ1v) is 14.6. The number of thioether (sulfide) groups is 1. The van der Waals surface area contributed by atoms with Crippen LogP contribution in [0.5, 0.6) is 0 Å². The van der Waals surface area contributed by atoms with Crippen molar-refractivity contribution in [2.24, 2.45) is 11.8 Å². The Kier molecular flexibility index (Phi) is 8.07. The molecular formula is C27H33N5O9S. The highest BCUT2D eigenvalue weighted by Gasteiger charge is 2.60. The van der Waals surface area contributed by atoms with E-state index < -0.39 is 47.0 Å². The van der Waals surface area contributed by atoms with Crippen molar-refractivity contribution in [1.82, 2.24) is 20.0 Å². The number of non-ortho nitro benzene ring substituents is 1. The number of likely N-dealkylation sites (tertiary alicyclic amines) is 1. The van der Waals surface area contributed by atoms with Gasteiger partial charge in [-0.1, -0.05) is 6.92 Å². The summed E-state index contributed by atoms with van der Waals surface area (Å²) in [4.78, 5) is 66.1. The molecule has 0 bridgehead atoms. The Morgan fingerprint density at radius 1 is 1.21 bits per heavy atom. The van der Waals surface area contributed by atoms with Crippen molar-refractivity contribution in [3.8, 4) is 0 Å². The van der Waals surface area contributed by atoms with Gasteiger partial charge in [-0.05, 0) is 38.0 Å². The minimum absolute atomic E-state index is 0.0434. The van der Waals surface area contributed by atoms with Gasteiger partial charge in [0.05, 0.1) is 29.0 Å². The Balaban J connectivity index is 1.32. The molecule has 4 aliphatic heterocycles. The normalized spacial score (nSPS) is 29.4. The molecule has 3 fully saturated rings. The highest BCUT2D eigenvalue weighted by molar-refractivity contribution is 8.03. The molecule has 0 aliphatic carbocycles. The lowest BCUT2D eigenvalue weighted by molar-refractivity contribution is -0.384. The van der Waals surface area contributed by atoms with Gasteiger partial charge in [0.15, 0.2) is 0 Å². The number of rotatable bonds is 9. The van der Waals surface area contributed by atoms with Gasteiger partial charge in [0.1, 0.15) is 12.3 Å². The van der Waals surface area contributed by atoms with Crippen molar-refractivity contribution < 1.29 is 39.1 Å². The molecule has 3 saturated heterocycles. The summed E-state index contributed by atoms with van der Waals surface area (Å²) >= 11 is 1.32. The maximum Gasteiger partial charge on any atom is 0.410 e. The first kappa shape index (κ1) is 29.6. The highest BCUT2D eigenvalue weighted by Crippen LogP contribution is 2.52.